The Morgan fingerprint density at radius 2 is 1.81 bits per heavy atom. The number of hydrogen-bond acceptors (Lipinski definition) is 2. The number of rotatable bonds is 3. The van der Waals surface area contributed by atoms with E-state index >= 15 is 0 Å². The largest absolute Gasteiger partial charge is 0.477 e. The Morgan fingerprint density at radius 1 is 1.10 bits per heavy atom. The monoisotopic (exact) mass is 289 g/mol. The maximum atomic E-state index is 13.9. The predicted octanol–water partition coefficient (Wildman–Crippen LogP) is 3.94. The summed E-state index contributed by atoms with van der Waals surface area (Å²) in [6.07, 6.45) is 0. The van der Waals surface area contributed by atoms with E-state index in [9.17, 15) is 13.6 Å². The molecule has 2 aromatic carbocycles. The lowest BCUT2D eigenvalue weighted by atomic mass is 10.2. The second kappa shape index (κ2) is 4.90. The molecule has 0 radical (unpaired) electrons. The molecule has 0 aliphatic heterocycles. The fourth-order valence-electron chi connectivity index (χ4n) is 1.96. The van der Waals surface area contributed by atoms with Gasteiger partial charge < -0.3 is 14.8 Å². The summed E-state index contributed by atoms with van der Waals surface area (Å²) in [5.74, 6) is -1.98. The molecule has 0 saturated carbocycles. The molecule has 1 aromatic heterocycles. The lowest BCUT2D eigenvalue weighted by Crippen LogP contribution is -1.94. The van der Waals surface area contributed by atoms with E-state index in [-0.39, 0.29) is 17.2 Å². The van der Waals surface area contributed by atoms with Crippen molar-refractivity contribution in [3.8, 4) is 11.5 Å². The Balaban J connectivity index is 2.00. The summed E-state index contributed by atoms with van der Waals surface area (Å²) in [4.78, 5) is 13.5. The van der Waals surface area contributed by atoms with Gasteiger partial charge in [0.05, 0.1) is 0 Å². The summed E-state index contributed by atoms with van der Waals surface area (Å²) in [5, 5.41) is 9.40. The molecule has 3 rings (SSSR count). The van der Waals surface area contributed by atoms with Gasteiger partial charge >= 0.3 is 5.97 Å². The van der Waals surface area contributed by atoms with Gasteiger partial charge in [0.25, 0.3) is 0 Å². The Hall–Kier alpha value is -2.89. The fraction of sp³-hybridized carbons (Fsp3) is 0. The number of halogens is 2. The van der Waals surface area contributed by atoms with Crippen molar-refractivity contribution in [2.45, 2.75) is 0 Å². The smallest absolute Gasteiger partial charge is 0.352 e. The van der Waals surface area contributed by atoms with Crippen LogP contribution in [0.5, 0.6) is 11.5 Å². The van der Waals surface area contributed by atoms with E-state index in [2.05, 4.69) is 4.98 Å². The van der Waals surface area contributed by atoms with Crippen LogP contribution in [-0.2, 0) is 0 Å². The quantitative estimate of drug-likeness (QED) is 0.767. The van der Waals surface area contributed by atoms with E-state index in [1.165, 1.54) is 36.4 Å². The standard InChI is InChI=1S/C15H9F2NO3/c16-9-1-3-10(4-2-9)21-14-6-8-5-13(15(19)20)18-12(8)7-11(14)17/h1-7,18H,(H,19,20). The number of aromatic carboxylic acids is 1. The number of aromatic nitrogens is 1. The van der Waals surface area contributed by atoms with Gasteiger partial charge in [0.1, 0.15) is 17.3 Å². The lowest BCUT2D eigenvalue weighted by molar-refractivity contribution is 0.0691. The molecule has 0 aliphatic carbocycles. The highest BCUT2D eigenvalue weighted by Crippen LogP contribution is 2.29. The molecule has 4 nitrogen and oxygen atoms in total. The number of nitrogens with one attached hydrogen (secondary N) is 1. The maximum Gasteiger partial charge on any atom is 0.352 e. The third-order valence-corrected chi connectivity index (χ3v) is 2.95. The molecule has 0 amide bonds. The van der Waals surface area contributed by atoms with Gasteiger partial charge in [-0.3, -0.25) is 0 Å². The minimum absolute atomic E-state index is 0.0386. The first-order valence-corrected chi connectivity index (χ1v) is 6.02. The van der Waals surface area contributed by atoms with Gasteiger partial charge in [0.15, 0.2) is 11.6 Å². The van der Waals surface area contributed by atoms with E-state index < -0.39 is 17.6 Å². The van der Waals surface area contributed by atoms with Gasteiger partial charge in [0.2, 0.25) is 0 Å². The van der Waals surface area contributed by atoms with Crippen molar-refractivity contribution in [3.63, 3.8) is 0 Å². The van der Waals surface area contributed by atoms with Crippen molar-refractivity contribution in [1.29, 1.82) is 0 Å². The van der Waals surface area contributed by atoms with E-state index in [0.29, 0.717) is 10.9 Å². The van der Waals surface area contributed by atoms with E-state index in [0.717, 1.165) is 6.07 Å². The van der Waals surface area contributed by atoms with E-state index in [1.54, 1.807) is 0 Å². The van der Waals surface area contributed by atoms with Gasteiger partial charge in [-0.1, -0.05) is 0 Å². The number of benzene rings is 2. The molecule has 0 aliphatic rings. The zero-order valence-corrected chi connectivity index (χ0v) is 10.6. The van der Waals surface area contributed by atoms with E-state index in [4.69, 9.17) is 9.84 Å². The number of aromatic amines is 1. The summed E-state index contributed by atoms with van der Waals surface area (Å²) in [6.45, 7) is 0. The second-order valence-electron chi connectivity index (χ2n) is 4.41. The second-order valence-corrected chi connectivity index (χ2v) is 4.41. The van der Waals surface area contributed by atoms with Crippen molar-refractivity contribution in [3.05, 3.63) is 59.8 Å². The minimum atomic E-state index is -1.13. The Labute approximate surface area is 117 Å². The molecule has 0 fully saturated rings. The molecular formula is C15H9F2NO3. The molecule has 0 atom stereocenters. The Kier molecular flexibility index (Phi) is 3.06. The van der Waals surface area contributed by atoms with Crippen LogP contribution in [0.2, 0.25) is 0 Å². The van der Waals surface area contributed by atoms with Crippen LogP contribution in [0.4, 0.5) is 8.78 Å². The topological polar surface area (TPSA) is 62.3 Å². The Bertz CT molecular complexity index is 825. The molecule has 3 aromatic rings. The highest BCUT2D eigenvalue weighted by molar-refractivity contribution is 5.94. The van der Waals surface area contributed by atoms with Gasteiger partial charge in [0, 0.05) is 17.0 Å². The molecule has 0 saturated heterocycles. The van der Waals surface area contributed by atoms with Gasteiger partial charge in [-0.2, -0.15) is 0 Å². The van der Waals surface area contributed by atoms with Gasteiger partial charge in [-0.05, 0) is 36.4 Å². The summed E-state index contributed by atoms with van der Waals surface area (Å²) >= 11 is 0. The summed E-state index contributed by atoms with van der Waals surface area (Å²) in [6, 6.07) is 9.07. The normalized spacial score (nSPS) is 10.8. The summed E-state index contributed by atoms with van der Waals surface area (Å²) in [7, 11) is 0. The third-order valence-electron chi connectivity index (χ3n) is 2.95. The first-order valence-electron chi connectivity index (χ1n) is 6.02. The number of carboxylic acids is 1. The van der Waals surface area contributed by atoms with Crippen molar-refractivity contribution in [1.82, 2.24) is 4.98 Å². The molecule has 106 valence electrons. The zero-order chi connectivity index (χ0) is 15.0. The summed E-state index contributed by atoms with van der Waals surface area (Å²) in [5.41, 5.74) is 0.319. The van der Waals surface area contributed by atoms with Crippen LogP contribution in [0, 0.1) is 11.6 Å². The van der Waals surface area contributed by atoms with Crippen molar-refractivity contribution in [2.75, 3.05) is 0 Å². The average molecular weight is 289 g/mol. The molecule has 6 heteroatoms. The highest BCUT2D eigenvalue weighted by atomic mass is 19.1. The lowest BCUT2D eigenvalue weighted by Gasteiger charge is -2.06. The van der Waals surface area contributed by atoms with Crippen LogP contribution >= 0.6 is 0 Å². The SMILES string of the molecule is O=C(O)c1cc2cc(Oc3ccc(F)cc3)c(F)cc2[nH]1. The molecule has 0 spiro atoms. The molecular weight excluding hydrogens is 280 g/mol. The molecule has 21 heavy (non-hydrogen) atoms. The van der Waals surface area contributed by atoms with Crippen LogP contribution in [0.25, 0.3) is 10.9 Å². The number of H-pyrrole nitrogens is 1. The number of ether oxygens (including phenoxy) is 1. The first kappa shape index (κ1) is 13.1. The van der Waals surface area contributed by atoms with Crippen LogP contribution in [0.3, 0.4) is 0 Å². The summed E-state index contributed by atoms with van der Waals surface area (Å²) < 4.78 is 32.1. The first-order chi connectivity index (χ1) is 10.0. The number of hydrogen-bond donors (Lipinski definition) is 2. The molecule has 2 N–H and O–H groups in total. The maximum absolute atomic E-state index is 13.9. The highest BCUT2D eigenvalue weighted by Gasteiger charge is 2.12. The number of carbonyl (C=O) groups is 1. The van der Waals surface area contributed by atoms with Crippen molar-refractivity contribution >= 4 is 16.9 Å². The average Bonchev–Trinajstić information content (AvgIpc) is 2.85. The molecule has 0 bridgehead atoms. The van der Waals surface area contributed by atoms with Crippen molar-refractivity contribution < 1.29 is 23.4 Å². The molecule has 1 heterocycles. The fourth-order valence-corrected chi connectivity index (χ4v) is 1.96. The zero-order valence-electron chi connectivity index (χ0n) is 10.6. The van der Waals surface area contributed by atoms with Crippen LogP contribution < -0.4 is 4.74 Å². The van der Waals surface area contributed by atoms with Gasteiger partial charge in [-0.15, -0.1) is 0 Å². The Morgan fingerprint density at radius 3 is 2.48 bits per heavy atom. The van der Waals surface area contributed by atoms with E-state index in [1.807, 2.05) is 0 Å². The molecule has 0 unspecified atom stereocenters. The van der Waals surface area contributed by atoms with Crippen LogP contribution in [-0.4, -0.2) is 16.1 Å². The van der Waals surface area contributed by atoms with Gasteiger partial charge in [-0.25, -0.2) is 13.6 Å². The number of fused-ring (bicyclic) bond motifs is 1. The van der Waals surface area contributed by atoms with Crippen LogP contribution in [0.15, 0.2) is 42.5 Å². The number of carboxylic acid groups (broad SMARTS) is 1. The van der Waals surface area contributed by atoms with Crippen molar-refractivity contribution in [2.24, 2.45) is 0 Å². The predicted molar refractivity (Wildman–Crippen MR) is 71.7 cm³/mol. The van der Waals surface area contributed by atoms with Crippen LogP contribution in [0.1, 0.15) is 10.5 Å². The minimum Gasteiger partial charge on any atom is -0.477 e. The third kappa shape index (κ3) is 2.55.